The van der Waals surface area contributed by atoms with Gasteiger partial charge in [0, 0.05) is 45.7 Å². The molecule has 10 nitrogen and oxygen atoms in total. The van der Waals surface area contributed by atoms with Crippen LogP contribution >= 0.6 is 0 Å². The van der Waals surface area contributed by atoms with Crippen molar-refractivity contribution in [2.45, 2.75) is 17.7 Å². The van der Waals surface area contributed by atoms with Gasteiger partial charge in [-0.2, -0.15) is 4.31 Å². The first kappa shape index (κ1) is 30.7. The minimum absolute atomic E-state index is 0.165. The Labute approximate surface area is 253 Å². The van der Waals surface area contributed by atoms with Crippen LogP contribution in [0.1, 0.15) is 12.2 Å². The molecule has 1 aromatic heterocycles. The van der Waals surface area contributed by atoms with Gasteiger partial charge in [-0.05, 0) is 80.7 Å². The van der Waals surface area contributed by atoms with E-state index in [0.717, 1.165) is 32.7 Å². The molecule has 5 rings (SSSR count). The van der Waals surface area contributed by atoms with Crippen molar-refractivity contribution < 1.29 is 17.9 Å². The van der Waals surface area contributed by atoms with E-state index in [1.165, 1.54) is 4.31 Å². The van der Waals surface area contributed by atoms with E-state index in [9.17, 15) is 13.2 Å². The molecule has 0 N–H and O–H groups in total. The molecule has 0 aliphatic carbocycles. The van der Waals surface area contributed by atoms with E-state index in [1.54, 1.807) is 67.3 Å². The molecule has 0 saturated carbocycles. The summed E-state index contributed by atoms with van der Waals surface area (Å²) in [7, 11) is 1.43. The third-order valence-electron chi connectivity index (χ3n) is 7.94. The number of sulfonamides is 1. The second kappa shape index (κ2) is 13.7. The van der Waals surface area contributed by atoms with Crippen molar-refractivity contribution in [3.63, 3.8) is 0 Å². The smallest absolute Gasteiger partial charge is 0.265 e. The third-order valence-corrected chi connectivity index (χ3v) is 9.85. The Morgan fingerprint density at radius 1 is 0.837 bits per heavy atom. The molecule has 0 spiro atoms. The van der Waals surface area contributed by atoms with Gasteiger partial charge in [-0.3, -0.25) is 9.36 Å². The zero-order chi connectivity index (χ0) is 30.4. The van der Waals surface area contributed by atoms with Crippen molar-refractivity contribution in [2.24, 2.45) is 0 Å². The summed E-state index contributed by atoms with van der Waals surface area (Å²) in [5.74, 6) is 1.75. The van der Waals surface area contributed by atoms with E-state index >= 15 is 0 Å². The summed E-state index contributed by atoms with van der Waals surface area (Å²) in [5.41, 5.74) is 1.01. The molecule has 3 aromatic carbocycles. The minimum Gasteiger partial charge on any atom is -0.497 e. The van der Waals surface area contributed by atoms with E-state index in [-0.39, 0.29) is 23.4 Å². The van der Waals surface area contributed by atoms with Gasteiger partial charge in [0.25, 0.3) is 5.56 Å². The normalized spacial score (nSPS) is 14.8. The van der Waals surface area contributed by atoms with Crippen LogP contribution in [-0.2, 0) is 16.4 Å². The molecule has 0 unspecified atom stereocenters. The summed E-state index contributed by atoms with van der Waals surface area (Å²) in [5, 5.41) is 0.497. The first-order valence-electron chi connectivity index (χ1n) is 14.5. The van der Waals surface area contributed by atoms with Gasteiger partial charge in [-0.1, -0.05) is 12.1 Å². The lowest BCUT2D eigenvalue weighted by atomic mass is 10.2. The summed E-state index contributed by atoms with van der Waals surface area (Å²) in [6.07, 6.45) is 0.936. The van der Waals surface area contributed by atoms with Crippen LogP contribution in [0.3, 0.4) is 0 Å². The van der Waals surface area contributed by atoms with Crippen LogP contribution in [0, 0.1) is 0 Å². The Balaban J connectivity index is 1.45. The Morgan fingerprint density at radius 2 is 1.47 bits per heavy atom. The van der Waals surface area contributed by atoms with Crippen molar-refractivity contribution in [2.75, 3.05) is 67.1 Å². The number of rotatable bonds is 12. The van der Waals surface area contributed by atoms with Gasteiger partial charge in [0.1, 0.15) is 17.3 Å². The lowest BCUT2D eigenvalue weighted by Gasteiger charge is -2.32. The number of hydrogen-bond acceptors (Lipinski definition) is 8. The lowest BCUT2D eigenvalue weighted by molar-refractivity contribution is 0.150. The van der Waals surface area contributed by atoms with Crippen molar-refractivity contribution in [1.82, 2.24) is 23.7 Å². The highest BCUT2D eigenvalue weighted by Gasteiger charge is 2.26. The SMILES string of the molecule is COc1ccc(-n2c(CCN(CCCN3CCN(C)CC3)S(=O)(=O)c3ccc(OC)cc3)nc3ccccc3c2=O)cc1. The van der Waals surface area contributed by atoms with Gasteiger partial charge < -0.3 is 19.3 Å². The summed E-state index contributed by atoms with van der Waals surface area (Å²) < 4.78 is 41.5. The maximum atomic E-state index is 13.9. The summed E-state index contributed by atoms with van der Waals surface area (Å²) in [6, 6.07) is 20.9. The van der Waals surface area contributed by atoms with Gasteiger partial charge in [0.05, 0.1) is 35.7 Å². The van der Waals surface area contributed by atoms with E-state index in [4.69, 9.17) is 14.5 Å². The molecule has 0 atom stereocenters. The van der Waals surface area contributed by atoms with Crippen LogP contribution in [0.15, 0.2) is 82.5 Å². The predicted octanol–water partition coefficient (Wildman–Crippen LogP) is 3.27. The van der Waals surface area contributed by atoms with Crippen molar-refractivity contribution >= 4 is 20.9 Å². The van der Waals surface area contributed by atoms with Crippen molar-refractivity contribution in [3.8, 4) is 17.2 Å². The molecule has 0 amide bonds. The molecule has 2 heterocycles. The van der Waals surface area contributed by atoms with Crippen LogP contribution < -0.4 is 15.0 Å². The van der Waals surface area contributed by atoms with Gasteiger partial charge in [0.2, 0.25) is 10.0 Å². The summed E-state index contributed by atoms with van der Waals surface area (Å²) in [4.78, 5) is 23.5. The van der Waals surface area contributed by atoms with Crippen LogP contribution in [0.25, 0.3) is 16.6 Å². The maximum Gasteiger partial charge on any atom is 0.265 e. The minimum atomic E-state index is -3.83. The lowest BCUT2D eigenvalue weighted by Crippen LogP contribution is -2.45. The number of likely N-dealkylation sites (N-methyl/N-ethyl adjacent to an activating group) is 1. The van der Waals surface area contributed by atoms with Gasteiger partial charge in [-0.25, -0.2) is 13.4 Å². The Bertz CT molecular complexity index is 1680. The van der Waals surface area contributed by atoms with Crippen LogP contribution in [-0.4, -0.2) is 99.2 Å². The highest BCUT2D eigenvalue weighted by molar-refractivity contribution is 7.89. The molecule has 11 heteroatoms. The molecule has 43 heavy (non-hydrogen) atoms. The molecule has 0 radical (unpaired) electrons. The van der Waals surface area contributed by atoms with E-state index in [1.807, 2.05) is 24.3 Å². The molecular weight excluding hydrogens is 566 g/mol. The second-order valence-electron chi connectivity index (χ2n) is 10.7. The monoisotopic (exact) mass is 605 g/mol. The Hall–Kier alpha value is -3.77. The first-order chi connectivity index (χ1) is 20.8. The van der Waals surface area contributed by atoms with Crippen LogP contribution in [0.5, 0.6) is 11.5 Å². The number of benzene rings is 3. The van der Waals surface area contributed by atoms with Crippen LogP contribution in [0.2, 0.25) is 0 Å². The molecule has 1 aliphatic heterocycles. The number of methoxy groups -OCH3 is 2. The first-order valence-corrected chi connectivity index (χ1v) is 15.9. The standard InChI is InChI=1S/C32H39N5O5S/c1-34-21-23-35(24-22-34)18-6-19-36(43(39,40)28-15-13-27(42-3)14-16-28)20-17-31-33-30-8-5-4-7-29(30)32(38)37(31)25-9-11-26(41-2)12-10-25/h4-5,7-16H,6,17-24H2,1-3H3. The van der Waals surface area contributed by atoms with Crippen LogP contribution in [0.4, 0.5) is 0 Å². The fourth-order valence-electron chi connectivity index (χ4n) is 5.36. The number of para-hydroxylation sites is 1. The number of ether oxygens (including phenoxy) is 2. The summed E-state index contributed by atoms with van der Waals surface area (Å²) in [6.45, 7) is 5.27. The highest BCUT2D eigenvalue weighted by Crippen LogP contribution is 2.22. The molecule has 0 bridgehead atoms. The largest absolute Gasteiger partial charge is 0.497 e. The Morgan fingerprint density at radius 3 is 2.12 bits per heavy atom. The molecule has 4 aromatic rings. The van der Waals surface area contributed by atoms with E-state index in [2.05, 4.69) is 16.8 Å². The fourth-order valence-corrected chi connectivity index (χ4v) is 6.84. The number of nitrogens with zero attached hydrogens (tertiary/aromatic N) is 5. The van der Waals surface area contributed by atoms with E-state index in [0.29, 0.717) is 46.9 Å². The zero-order valence-corrected chi connectivity index (χ0v) is 25.8. The van der Waals surface area contributed by atoms with Crippen molar-refractivity contribution in [1.29, 1.82) is 0 Å². The molecular formula is C32H39N5O5S. The third kappa shape index (κ3) is 7.07. The maximum absolute atomic E-state index is 13.9. The molecule has 1 saturated heterocycles. The number of piperazine rings is 1. The summed E-state index contributed by atoms with van der Waals surface area (Å²) >= 11 is 0. The average molecular weight is 606 g/mol. The molecule has 1 aliphatic rings. The number of fused-ring (bicyclic) bond motifs is 1. The fraction of sp³-hybridized carbons (Fsp3) is 0.375. The predicted molar refractivity (Wildman–Crippen MR) is 168 cm³/mol. The highest BCUT2D eigenvalue weighted by atomic mass is 32.2. The zero-order valence-electron chi connectivity index (χ0n) is 25.0. The quantitative estimate of drug-likeness (QED) is 0.243. The Kier molecular flexibility index (Phi) is 9.76. The second-order valence-corrected chi connectivity index (χ2v) is 12.6. The van der Waals surface area contributed by atoms with E-state index < -0.39 is 10.0 Å². The molecule has 1 fully saturated rings. The van der Waals surface area contributed by atoms with Crippen molar-refractivity contribution in [3.05, 3.63) is 89.0 Å². The number of hydrogen-bond donors (Lipinski definition) is 0. The topological polar surface area (TPSA) is 97.2 Å². The van der Waals surface area contributed by atoms with Gasteiger partial charge >= 0.3 is 0 Å². The average Bonchev–Trinajstić information content (AvgIpc) is 3.03. The number of aromatic nitrogens is 2. The molecule has 228 valence electrons. The van der Waals surface area contributed by atoms with Gasteiger partial charge in [-0.15, -0.1) is 0 Å². The van der Waals surface area contributed by atoms with Gasteiger partial charge in [0.15, 0.2) is 0 Å².